The number of nitrogens with one attached hydrogen (secondary N) is 2. The fourth-order valence-corrected chi connectivity index (χ4v) is 7.16. The Bertz CT molecular complexity index is 1710. The molecule has 0 saturated carbocycles. The Morgan fingerprint density at radius 2 is 1.48 bits per heavy atom. The van der Waals surface area contributed by atoms with Crippen LogP contribution < -0.4 is 10.6 Å². The van der Waals surface area contributed by atoms with Gasteiger partial charge in [0.25, 0.3) is 0 Å². The number of ether oxygens (including phenoxy) is 3. The monoisotopic (exact) mass is 705 g/mol. The molecule has 2 heterocycles. The van der Waals surface area contributed by atoms with E-state index in [9.17, 15) is 14.7 Å². The number of methoxy groups -OCH3 is 1. The standard InChI is InChI=1S/C43H51N3O6/c1-50-41(48)39(26-31-12-6-5-7-13-31)45-43(49)44-28-36-14-8-9-15-38(36)33-20-22-35(23-21-33)42-51-37(29-46-24-10-3-2-4-11-25-46)27-40(52-42)34-18-16-32(30-47)17-19-34/h5-9,12-23,37,39-40,42,47H,2-4,10-11,24-30H2,1H3,(H2,44,45,49)/t37-,39-,40+,42+/m0/s1. The third kappa shape index (κ3) is 10.3. The van der Waals surface area contributed by atoms with E-state index < -0.39 is 24.3 Å². The van der Waals surface area contributed by atoms with Crippen molar-refractivity contribution in [3.05, 3.63) is 131 Å². The van der Waals surface area contributed by atoms with Gasteiger partial charge in [-0.1, -0.05) is 122 Å². The number of likely N-dealkylation sites (tertiary alicyclic amines) is 1. The molecule has 9 heteroatoms. The second kappa shape index (κ2) is 18.8. The molecule has 4 atom stereocenters. The summed E-state index contributed by atoms with van der Waals surface area (Å²) in [6.07, 6.45) is 6.82. The molecule has 274 valence electrons. The van der Waals surface area contributed by atoms with Crippen molar-refractivity contribution in [1.82, 2.24) is 15.5 Å². The van der Waals surface area contributed by atoms with E-state index in [0.29, 0.717) is 6.42 Å². The van der Waals surface area contributed by atoms with Crippen LogP contribution in [0.5, 0.6) is 0 Å². The van der Waals surface area contributed by atoms with Gasteiger partial charge in [0, 0.05) is 31.5 Å². The summed E-state index contributed by atoms with van der Waals surface area (Å²) in [5.41, 5.74) is 6.76. The fourth-order valence-electron chi connectivity index (χ4n) is 7.16. The Morgan fingerprint density at radius 3 is 2.19 bits per heavy atom. The number of nitrogens with zero attached hydrogens (tertiary/aromatic N) is 1. The average molecular weight is 706 g/mol. The zero-order valence-electron chi connectivity index (χ0n) is 30.0. The lowest BCUT2D eigenvalue weighted by atomic mass is 9.97. The number of amides is 2. The number of benzene rings is 4. The van der Waals surface area contributed by atoms with E-state index in [0.717, 1.165) is 65.0 Å². The molecule has 52 heavy (non-hydrogen) atoms. The van der Waals surface area contributed by atoms with Crippen molar-refractivity contribution in [3.63, 3.8) is 0 Å². The van der Waals surface area contributed by atoms with Crippen LogP contribution in [0.3, 0.4) is 0 Å². The maximum atomic E-state index is 13.0. The predicted molar refractivity (Wildman–Crippen MR) is 201 cm³/mol. The topological polar surface area (TPSA) is 109 Å². The van der Waals surface area contributed by atoms with Gasteiger partial charge in [-0.15, -0.1) is 0 Å². The molecular weight excluding hydrogens is 654 g/mol. The molecule has 4 aromatic rings. The average Bonchev–Trinajstić information content (AvgIpc) is 3.18. The van der Waals surface area contributed by atoms with E-state index in [2.05, 4.69) is 51.9 Å². The van der Waals surface area contributed by atoms with Crippen LogP contribution in [-0.4, -0.2) is 60.9 Å². The Hall–Kier alpha value is -4.54. The SMILES string of the molecule is COC(=O)[C@H](Cc1ccccc1)NC(=O)NCc1ccccc1-c1ccc([C@@H]2O[C@H](CN3CCCCCCC3)C[C@H](c3ccc(CO)cc3)O2)cc1. The van der Waals surface area contributed by atoms with Crippen molar-refractivity contribution in [3.8, 4) is 11.1 Å². The largest absolute Gasteiger partial charge is 0.467 e. The van der Waals surface area contributed by atoms with Gasteiger partial charge in [0.1, 0.15) is 6.04 Å². The van der Waals surface area contributed by atoms with Crippen molar-refractivity contribution in [2.45, 2.75) is 82.6 Å². The van der Waals surface area contributed by atoms with Crippen LogP contribution in [0.4, 0.5) is 4.79 Å². The van der Waals surface area contributed by atoms with Crippen molar-refractivity contribution in [1.29, 1.82) is 0 Å². The van der Waals surface area contributed by atoms with Crippen molar-refractivity contribution in [2.24, 2.45) is 0 Å². The summed E-state index contributed by atoms with van der Waals surface area (Å²) in [5, 5.41) is 15.3. The van der Waals surface area contributed by atoms with E-state index in [1.807, 2.05) is 66.7 Å². The normalized spacial score (nSPS) is 20.2. The smallest absolute Gasteiger partial charge is 0.328 e. The van der Waals surface area contributed by atoms with Gasteiger partial charge in [-0.05, 0) is 59.3 Å². The molecule has 2 saturated heterocycles. The molecule has 2 aliphatic heterocycles. The number of carbonyl (C=O) groups excluding carboxylic acids is 2. The molecule has 0 aromatic heterocycles. The number of aliphatic hydroxyl groups excluding tert-OH is 1. The van der Waals surface area contributed by atoms with Gasteiger partial charge in [0.15, 0.2) is 6.29 Å². The molecule has 6 rings (SSSR count). The zero-order valence-corrected chi connectivity index (χ0v) is 30.0. The summed E-state index contributed by atoms with van der Waals surface area (Å²) < 4.78 is 18.3. The molecule has 0 radical (unpaired) electrons. The number of hydrogen-bond donors (Lipinski definition) is 3. The van der Waals surface area contributed by atoms with Gasteiger partial charge in [0.05, 0.1) is 25.9 Å². The molecule has 3 N–H and O–H groups in total. The first kappa shape index (κ1) is 37.2. The van der Waals surface area contributed by atoms with E-state index in [1.165, 1.54) is 39.2 Å². The molecule has 2 fully saturated rings. The minimum Gasteiger partial charge on any atom is -0.467 e. The van der Waals surface area contributed by atoms with Crippen molar-refractivity contribution in [2.75, 3.05) is 26.7 Å². The maximum absolute atomic E-state index is 13.0. The minimum absolute atomic E-state index is 0.0124. The highest BCUT2D eigenvalue weighted by Crippen LogP contribution is 2.39. The van der Waals surface area contributed by atoms with Crippen molar-refractivity contribution < 1.29 is 28.9 Å². The zero-order chi connectivity index (χ0) is 36.1. The first-order valence-electron chi connectivity index (χ1n) is 18.6. The number of hydrogen-bond acceptors (Lipinski definition) is 7. The van der Waals surface area contributed by atoms with Crippen LogP contribution in [0.2, 0.25) is 0 Å². The van der Waals surface area contributed by atoms with Crippen LogP contribution in [0.25, 0.3) is 11.1 Å². The highest BCUT2D eigenvalue weighted by molar-refractivity contribution is 5.84. The fraction of sp³-hybridized carbons (Fsp3) is 0.395. The molecule has 0 spiro atoms. The van der Waals surface area contributed by atoms with Gasteiger partial charge in [-0.25, -0.2) is 9.59 Å². The lowest BCUT2D eigenvalue weighted by molar-refractivity contribution is -0.253. The Balaban J connectivity index is 1.13. The van der Waals surface area contributed by atoms with E-state index in [4.69, 9.17) is 14.2 Å². The molecule has 2 amide bonds. The van der Waals surface area contributed by atoms with Gasteiger partial charge in [-0.3, -0.25) is 0 Å². The third-order valence-corrected chi connectivity index (χ3v) is 10.0. The van der Waals surface area contributed by atoms with Gasteiger partial charge >= 0.3 is 12.0 Å². The van der Waals surface area contributed by atoms with Crippen LogP contribution in [-0.2, 0) is 38.6 Å². The molecule has 0 unspecified atom stereocenters. The lowest BCUT2D eigenvalue weighted by Crippen LogP contribution is -2.47. The van der Waals surface area contributed by atoms with Crippen LogP contribution in [0, 0.1) is 0 Å². The Labute approximate surface area is 307 Å². The quantitative estimate of drug-likeness (QED) is 0.133. The minimum atomic E-state index is -0.813. The summed E-state index contributed by atoms with van der Waals surface area (Å²) in [5.74, 6) is -0.500. The van der Waals surface area contributed by atoms with E-state index >= 15 is 0 Å². The highest BCUT2D eigenvalue weighted by atomic mass is 16.7. The summed E-state index contributed by atoms with van der Waals surface area (Å²) in [7, 11) is 1.32. The number of aliphatic hydroxyl groups is 1. The number of esters is 1. The molecule has 4 aromatic carbocycles. The van der Waals surface area contributed by atoms with Crippen LogP contribution >= 0.6 is 0 Å². The second-order valence-electron chi connectivity index (χ2n) is 13.8. The van der Waals surface area contributed by atoms with E-state index in [1.54, 1.807) is 0 Å². The number of carbonyl (C=O) groups is 2. The Kier molecular flexibility index (Phi) is 13.5. The molecule has 2 aliphatic rings. The first-order chi connectivity index (χ1) is 25.5. The number of urea groups is 1. The first-order valence-corrected chi connectivity index (χ1v) is 18.6. The summed E-state index contributed by atoms with van der Waals surface area (Å²) in [6, 6.07) is 32.5. The second-order valence-corrected chi connectivity index (χ2v) is 13.8. The van der Waals surface area contributed by atoms with Gasteiger partial charge < -0.3 is 34.9 Å². The summed E-state index contributed by atoms with van der Waals surface area (Å²) in [4.78, 5) is 28.0. The molecule has 0 bridgehead atoms. The van der Waals surface area contributed by atoms with Crippen molar-refractivity contribution >= 4 is 12.0 Å². The van der Waals surface area contributed by atoms with Gasteiger partial charge in [-0.2, -0.15) is 0 Å². The Morgan fingerprint density at radius 1 is 0.808 bits per heavy atom. The maximum Gasteiger partial charge on any atom is 0.328 e. The molecule has 0 aliphatic carbocycles. The van der Waals surface area contributed by atoms with Crippen LogP contribution in [0.15, 0.2) is 103 Å². The van der Waals surface area contributed by atoms with E-state index in [-0.39, 0.29) is 25.4 Å². The van der Waals surface area contributed by atoms with Crippen LogP contribution in [0.1, 0.15) is 78.7 Å². The molecule has 9 nitrogen and oxygen atoms in total. The predicted octanol–water partition coefficient (Wildman–Crippen LogP) is 7.24. The molecular formula is C43H51N3O6. The summed E-state index contributed by atoms with van der Waals surface area (Å²) in [6.45, 7) is 3.37. The lowest BCUT2D eigenvalue weighted by Gasteiger charge is -2.39. The highest BCUT2D eigenvalue weighted by Gasteiger charge is 2.33. The van der Waals surface area contributed by atoms with Gasteiger partial charge in [0.2, 0.25) is 0 Å². The summed E-state index contributed by atoms with van der Waals surface area (Å²) >= 11 is 0. The number of rotatable bonds is 12. The third-order valence-electron chi connectivity index (χ3n) is 10.0.